The maximum absolute atomic E-state index is 5.41. The van der Waals surface area contributed by atoms with Crippen molar-refractivity contribution in [3.05, 3.63) is 29.8 Å². The molecule has 1 aliphatic heterocycles. The Morgan fingerprint density at radius 1 is 1.28 bits per heavy atom. The fourth-order valence-corrected chi connectivity index (χ4v) is 2.65. The molecule has 3 nitrogen and oxygen atoms in total. The van der Waals surface area contributed by atoms with Crippen LogP contribution in [0.5, 0.6) is 5.75 Å². The molecule has 1 fully saturated rings. The average Bonchev–Trinajstić information content (AvgIpc) is 2.40. The Kier molecular flexibility index (Phi) is 5.02. The Hall–Kier alpha value is -1.06. The minimum atomic E-state index is 0.666. The van der Waals surface area contributed by atoms with E-state index < -0.39 is 0 Å². The summed E-state index contributed by atoms with van der Waals surface area (Å²) in [6.45, 7) is 8.11. The van der Waals surface area contributed by atoms with Crippen LogP contribution in [0.2, 0.25) is 0 Å². The molecule has 0 saturated carbocycles. The molecule has 0 amide bonds. The lowest BCUT2D eigenvalue weighted by Gasteiger charge is -2.29. The maximum Gasteiger partial charge on any atom is 0.122 e. The van der Waals surface area contributed by atoms with Gasteiger partial charge in [0.1, 0.15) is 5.75 Å². The van der Waals surface area contributed by atoms with E-state index in [9.17, 15) is 0 Å². The number of nitrogens with one attached hydrogen (secondary N) is 1. The van der Waals surface area contributed by atoms with Crippen LogP contribution < -0.4 is 10.1 Å². The predicted octanol–water partition coefficient (Wildman–Crippen LogP) is 1.78. The van der Waals surface area contributed by atoms with E-state index in [0.717, 1.165) is 25.3 Å². The highest BCUT2D eigenvalue weighted by molar-refractivity contribution is 5.33. The number of hydrogen-bond donors (Lipinski definition) is 1. The van der Waals surface area contributed by atoms with Crippen LogP contribution in [-0.2, 0) is 6.42 Å². The van der Waals surface area contributed by atoms with Crippen molar-refractivity contribution in [2.75, 3.05) is 39.8 Å². The van der Waals surface area contributed by atoms with Crippen LogP contribution in [0.15, 0.2) is 24.3 Å². The lowest BCUT2D eigenvalue weighted by Crippen LogP contribution is -2.45. The Balaban J connectivity index is 1.87. The predicted molar refractivity (Wildman–Crippen MR) is 75.2 cm³/mol. The molecule has 0 bridgehead atoms. The summed E-state index contributed by atoms with van der Waals surface area (Å²) < 4.78 is 5.41. The van der Waals surface area contributed by atoms with Crippen LogP contribution in [0, 0.1) is 5.92 Å². The monoisotopic (exact) mass is 248 g/mol. The lowest BCUT2D eigenvalue weighted by molar-refractivity contribution is 0.210. The summed E-state index contributed by atoms with van der Waals surface area (Å²) in [4.78, 5) is 2.55. The Labute approximate surface area is 110 Å². The summed E-state index contributed by atoms with van der Waals surface area (Å²) in [5.74, 6) is 1.68. The summed E-state index contributed by atoms with van der Waals surface area (Å²) in [7, 11) is 1.75. The molecule has 2 rings (SSSR count). The Morgan fingerprint density at radius 3 is 2.72 bits per heavy atom. The molecule has 100 valence electrons. The van der Waals surface area contributed by atoms with Crippen LogP contribution in [0.25, 0.3) is 0 Å². The molecule has 0 spiro atoms. The summed E-state index contributed by atoms with van der Waals surface area (Å²) >= 11 is 0. The molecule has 0 aromatic heterocycles. The second-order valence-electron chi connectivity index (χ2n) is 5.17. The highest BCUT2D eigenvalue weighted by Crippen LogP contribution is 2.21. The molecule has 0 radical (unpaired) electrons. The van der Waals surface area contributed by atoms with Gasteiger partial charge in [-0.1, -0.05) is 25.1 Å². The van der Waals surface area contributed by atoms with E-state index in [4.69, 9.17) is 4.74 Å². The number of benzene rings is 1. The third-order valence-electron chi connectivity index (χ3n) is 3.54. The molecule has 1 N–H and O–H groups in total. The van der Waals surface area contributed by atoms with E-state index in [2.05, 4.69) is 29.3 Å². The molecule has 3 heteroatoms. The highest BCUT2D eigenvalue weighted by atomic mass is 16.5. The van der Waals surface area contributed by atoms with Gasteiger partial charge in [0, 0.05) is 32.7 Å². The Morgan fingerprint density at radius 2 is 2.00 bits per heavy atom. The molecular formula is C15H24N2O. The molecule has 1 aromatic carbocycles. The van der Waals surface area contributed by atoms with Gasteiger partial charge in [0.25, 0.3) is 0 Å². The van der Waals surface area contributed by atoms with Crippen LogP contribution in [0.4, 0.5) is 0 Å². The first-order chi connectivity index (χ1) is 8.79. The zero-order chi connectivity index (χ0) is 12.8. The molecular weight excluding hydrogens is 224 g/mol. The first kappa shape index (κ1) is 13.4. The number of para-hydroxylation sites is 1. The fourth-order valence-electron chi connectivity index (χ4n) is 2.65. The van der Waals surface area contributed by atoms with Crippen molar-refractivity contribution < 1.29 is 4.74 Å². The smallest absolute Gasteiger partial charge is 0.122 e. The highest BCUT2D eigenvalue weighted by Gasteiger charge is 2.14. The van der Waals surface area contributed by atoms with Crippen molar-refractivity contribution in [3.8, 4) is 5.75 Å². The van der Waals surface area contributed by atoms with Gasteiger partial charge < -0.3 is 15.0 Å². The maximum atomic E-state index is 5.41. The van der Waals surface area contributed by atoms with E-state index in [1.165, 1.54) is 25.2 Å². The quantitative estimate of drug-likeness (QED) is 0.859. The first-order valence-corrected chi connectivity index (χ1v) is 6.84. The van der Waals surface area contributed by atoms with Gasteiger partial charge in [-0.05, 0) is 24.0 Å². The van der Waals surface area contributed by atoms with Gasteiger partial charge in [-0.15, -0.1) is 0 Å². The minimum Gasteiger partial charge on any atom is -0.496 e. The van der Waals surface area contributed by atoms with E-state index in [-0.39, 0.29) is 0 Å². The fraction of sp³-hybridized carbons (Fsp3) is 0.600. The number of ether oxygens (including phenoxy) is 1. The third kappa shape index (κ3) is 3.72. The number of piperazine rings is 1. The second-order valence-corrected chi connectivity index (χ2v) is 5.17. The van der Waals surface area contributed by atoms with Crippen molar-refractivity contribution in [2.24, 2.45) is 5.92 Å². The van der Waals surface area contributed by atoms with Crippen LogP contribution in [-0.4, -0.2) is 44.7 Å². The molecule has 18 heavy (non-hydrogen) atoms. The lowest BCUT2D eigenvalue weighted by atomic mass is 9.99. The molecule has 1 atom stereocenters. The van der Waals surface area contributed by atoms with Crippen molar-refractivity contribution >= 4 is 0 Å². The van der Waals surface area contributed by atoms with E-state index in [1.54, 1.807) is 7.11 Å². The number of methoxy groups -OCH3 is 1. The summed E-state index contributed by atoms with van der Waals surface area (Å²) in [5, 5.41) is 3.39. The van der Waals surface area contributed by atoms with Gasteiger partial charge in [-0.2, -0.15) is 0 Å². The van der Waals surface area contributed by atoms with Gasteiger partial charge in [-0.3, -0.25) is 0 Å². The number of nitrogens with zero attached hydrogens (tertiary/aromatic N) is 1. The molecule has 1 heterocycles. The van der Waals surface area contributed by atoms with E-state index in [1.807, 2.05) is 12.1 Å². The Bertz CT molecular complexity index is 361. The van der Waals surface area contributed by atoms with Crippen LogP contribution >= 0.6 is 0 Å². The summed E-state index contributed by atoms with van der Waals surface area (Å²) in [6.07, 6.45) is 1.09. The molecule has 1 aliphatic rings. The standard InChI is InChI=1S/C15H24N2O/c1-13(12-17-9-7-16-8-10-17)11-14-5-3-4-6-15(14)18-2/h3-6,13,16H,7-12H2,1-2H3. The van der Waals surface area contributed by atoms with Gasteiger partial charge in [0.15, 0.2) is 0 Å². The van der Waals surface area contributed by atoms with Crippen LogP contribution in [0.1, 0.15) is 12.5 Å². The second kappa shape index (κ2) is 6.76. The molecule has 1 unspecified atom stereocenters. The third-order valence-corrected chi connectivity index (χ3v) is 3.54. The number of rotatable bonds is 5. The zero-order valence-corrected chi connectivity index (χ0v) is 11.5. The van der Waals surface area contributed by atoms with Gasteiger partial charge in [0.2, 0.25) is 0 Å². The molecule has 0 aliphatic carbocycles. The average molecular weight is 248 g/mol. The molecule has 1 saturated heterocycles. The van der Waals surface area contributed by atoms with Crippen molar-refractivity contribution in [1.82, 2.24) is 10.2 Å². The van der Waals surface area contributed by atoms with Gasteiger partial charge >= 0.3 is 0 Å². The van der Waals surface area contributed by atoms with Crippen molar-refractivity contribution in [2.45, 2.75) is 13.3 Å². The van der Waals surface area contributed by atoms with E-state index in [0.29, 0.717) is 5.92 Å². The first-order valence-electron chi connectivity index (χ1n) is 6.84. The topological polar surface area (TPSA) is 24.5 Å². The normalized spacial score (nSPS) is 18.6. The largest absolute Gasteiger partial charge is 0.496 e. The summed E-state index contributed by atoms with van der Waals surface area (Å²) in [6, 6.07) is 8.35. The van der Waals surface area contributed by atoms with Crippen molar-refractivity contribution in [3.63, 3.8) is 0 Å². The minimum absolute atomic E-state index is 0.666. The number of hydrogen-bond acceptors (Lipinski definition) is 3. The van der Waals surface area contributed by atoms with Crippen LogP contribution in [0.3, 0.4) is 0 Å². The van der Waals surface area contributed by atoms with E-state index >= 15 is 0 Å². The SMILES string of the molecule is COc1ccccc1CC(C)CN1CCNCC1. The van der Waals surface area contributed by atoms with Crippen molar-refractivity contribution in [1.29, 1.82) is 0 Å². The summed E-state index contributed by atoms with van der Waals surface area (Å²) in [5.41, 5.74) is 1.32. The zero-order valence-electron chi connectivity index (χ0n) is 11.5. The van der Waals surface area contributed by atoms with Gasteiger partial charge in [-0.25, -0.2) is 0 Å². The van der Waals surface area contributed by atoms with Gasteiger partial charge in [0.05, 0.1) is 7.11 Å². The molecule has 1 aromatic rings.